The van der Waals surface area contributed by atoms with Crippen LogP contribution in [0.5, 0.6) is 11.5 Å². The molecule has 0 aliphatic carbocycles. The van der Waals surface area contributed by atoms with E-state index in [1.807, 2.05) is 12.2 Å². The van der Waals surface area contributed by atoms with Crippen LogP contribution in [-0.4, -0.2) is 36.2 Å². The molecule has 2 aromatic carbocycles. The molecule has 2 N–H and O–H groups in total. The van der Waals surface area contributed by atoms with Crippen LogP contribution in [0.2, 0.25) is 5.02 Å². The first-order valence-electron chi connectivity index (χ1n) is 8.35. The van der Waals surface area contributed by atoms with Gasteiger partial charge in [-0.3, -0.25) is 4.79 Å². The van der Waals surface area contributed by atoms with E-state index < -0.39 is 17.9 Å². The third-order valence-corrected chi connectivity index (χ3v) is 4.30. The van der Waals surface area contributed by atoms with Crippen molar-refractivity contribution in [1.29, 1.82) is 0 Å². The maximum absolute atomic E-state index is 12.5. The van der Waals surface area contributed by atoms with E-state index in [0.29, 0.717) is 24.7 Å². The van der Waals surface area contributed by atoms with Crippen LogP contribution in [-0.2, 0) is 11.2 Å². The Morgan fingerprint density at radius 3 is 2.44 bits per heavy atom. The lowest BCUT2D eigenvalue weighted by Gasteiger charge is -2.16. The minimum atomic E-state index is -1.13. The average Bonchev–Trinajstić information content (AvgIpc) is 2.63. The van der Waals surface area contributed by atoms with Gasteiger partial charge in [0.1, 0.15) is 30.8 Å². The van der Waals surface area contributed by atoms with Crippen LogP contribution in [0.3, 0.4) is 0 Å². The first kappa shape index (κ1) is 18.8. The van der Waals surface area contributed by atoms with Gasteiger partial charge >= 0.3 is 5.97 Å². The second-order valence-corrected chi connectivity index (χ2v) is 6.36. The number of nitrogens with one attached hydrogen (secondary N) is 1. The lowest BCUT2D eigenvalue weighted by Crippen LogP contribution is -2.42. The van der Waals surface area contributed by atoms with Gasteiger partial charge in [-0.25, -0.2) is 4.79 Å². The molecule has 0 spiro atoms. The molecule has 4 rings (SSSR count). The van der Waals surface area contributed by atoms with Crippen molar-refractivity contribution in [2.45, 2.75) is 12.5 Å². The fourth-order valence-corrected chi connectivity index (χ4v) is 2.88. The molecule has 2 heterocycles. The number of carboxylic acid groups (broad SMARTS) is 1. The van der Waals surface area contributed by atoms with Gasteiger partial charge < -0.3 is 19.9 Å². The van der Waals surface area contributed by atoms with E-state index in [4.69, 9.17) is 21.1 Å². The van der Waals surface area contributed by atoms with Crippen molar-refractivity contribution in [3.63, 3.8) is 0 Å². The summed E-state index contributed by atoms with van der Waals surface area (Å²) in [6.07, 6.45) is 3.76. The zero-order valence-electron chi connectivity index (χ0n) is 14.4. The molecule has 2 aromatic rings. The van der Waals surface area contributed by atoms with E-state index >= 15 is 0 Å². The zero-order valence-corrected chi connectivity index (χ0v) is 15.1. The van der Waals surface area contributed by atoms with Gasteiger partial charge in [0.25, 0.3) is 5.91 Å². The molecule has 0 saturated heterocycles. The SMILES string of the molecule is O=C1N[C@H](C(=O)O)Cc2cccc(c2)OC/C=C/COc2ccc1c(Cl)c2. The summed E-state index contributed by atoms with van der Waals surface area (Å²) in [6, 6.07) is 10.7. The van der Waals surface area contributed by atoms with Gasteiger partial charge in [0.2, 0.25) is 0 Å². The van der Waals surface area contributed by atoms with Crippen LogP contribution in [0.25, 0.3) is 0 Å². The minimum Gasteiger partial charge on any atom is -0.490 e. The molecule has 1 atom stereocenters. The van der Waals surface area contributed by atoms with Crippen LogP contribution in [0.4, 0.5) is 0 Å². The van der Waals surface area contributed by atoms with Crippen molar-refractivity contribution in [2.75, 3.05) is 13.2 Å². The third kappa shape index (κ3) is 5.01. The predicted molar refractivity (Wildman–Crippen MR) is 101 cm³/mol. The highest BCUT2D eigenvalue weighted by atomic mass is 35.5. The van der Waals surface area contributed by atoms with E-state index in [1.54, 1.807) is 30.3 Å². The van der Waals surface area contributed by atoms with Gasteiger partial charge in [-0.1, -0.05) is 23.7 Å². The lowest BCUT2D eigenvalue weighted by atomic mass is 10.0. The Hall–Kier alpha value is -2.99. The first-order valence-corrected chi connectivity index (χ1v) is 8.73. The Balaban J connectivity index is 1.92. The van der Waals surface area contributed by atoms with Gasteiger partial charge in [0.15, 0.2) is 0 Å². The molecule has 0 aromatic heterocycles. The number of hydrogen-bond acceptors (Lipinski definition) is 4. The quantitative estimate of drug-likeness (QED) is 0.734. The number of rotatable bonds is 1. The van der Waals surface area contributed by atoms with Crippen molar-refractivity contribution in [1.82, 2.24) is 5.32 Å². The van der Waals surface area contributed by atoms with E-state index in [-0.39, 0.29) is 17.0 Å². The van der Waals surface area contributed by atoms with Crippen molar-refractivity contribution >= 4 is 23.5 Å². The Labute approximate surface area is 161 Å². The molecule has 0 radical (unpaired) electrons. The number of amides is 1. The zero-order chi connectivity index (χ0) is 19.2. The fourth-order valence-electron chi connectivity index (χ4n) is 2.63. The van der Waals surface area contributed by atoms with Crippen molar-refractivity contribution in [3.05, 3.63) is 70.8 Å². The molecule has 2 aliphatic rings. The number of aliphatic carboxylic acids is 1. The smallest absolute Gasteiger partial charge is 0.326 e. The fraction of sp³-hybridized carbons (Fsp3) is 0.200. The molecule has 140 valence electrons. The van der Waals surface area contributed by atoms with E-state index in [1.165, 1.54) is 12.1 Å². The lowest BCUT2D eigenvalue weighted by molar-refractivity contribution is -0.139. The highest BCUT2D eigenvalue weighted by Crippen LogP contribution is 2.23. The summed E-state index contributed by atoms with van der Waals surface area (Å²) in [6.45, 7) is 0.679. The summed E-state index contributed by atoms with van der Waals surface area (Å²) in [5.41, 5.74) is 0.922. The van der Waals surface area contributed by atoms with Crippen LogP contribution in [0.15, 0.2) is 54.6 Å². The first-order chi connectivity index (χ1) is 13.0. The largest absolute Gasteiger partial charge is 0.490 e. The van der Waals surface area contributed by atoms with Gasteiger partial charge in [0, 0.05) is 6.42 Å². The van der Waals surface area contributed by atoms with E-state index in [2.05, 4.69) is 5.32 Å². The van der Waals surface area contributed by atoms with Gasteiger partial charge in [-0.05, 0) is 48.0 Å². The molecular weight excluding hydrogens is 370 g/mol. The summed E-state index contributed by atoms with van der Waals surface area (Å²) >= 11 is 6.17. The third-order valence-electron chi connectivity index (χ3n) is 3.99. The topological polar surface area (TPSA) is 84.9 Å². The molecule has 4 bridgehead atoms. The summed E-state index contributed by atoms with van der Waals surface area (Å²) in [4.78, 5) is 24.1. The van der Waals surface area contributed by atoms with Crippen LogP contribution < -0.4 is 14.8 Å². The van der Waals surface area contributed by atoms with E-state index in [9.17, 15) is 14.7 Å². The maximum atomic E-state index is 12.5. The molecule has 27 heavy (non-hydrogen) atoms. The molecule has 0 saturated carbocycles. The van der Waals surface area contributed by atoms with Crippen LogP contribution in [0.1, 0.15) is 15.9 Å². The molecule has 1 amide bonds. The Morgan fingerprint density at radius 2 is 1.78 bits per heavy atom. The number of carboxylic acids is 1. The summed E-state index contributed by atoms with van der Waals surface area (Å²) in [5, 5.41) is 12.2. The predicted octanol–water partition coefficient (Wildman–Crippen LogP) is 3.09. The Kier molecular flexibility index (Phi) is 5.98. The summed E-state index contributed by atoms with van der Waals surface area (Å²) in [7, 11) is 0. The van der Waals surface area contributed by atoms with Gasteiger partial charge in [-0.2, -0.15) is 0 Å². The highest BCUT2D eigenvalue weighted by molar-refractivity contribution is 6.34. The second kappa shape index (κ2) is 8.60. The number of benzene rings is 2. The number of carbonyl (C=O) groups is 2. The number of carbonyl (C=O) groups excluding carboxylic acids is 1. The number of fused-ring (bicyclic) bond motifs is 9. The summed E-state index contributed by atoms with van der Waals surface area (Å²) in [5.74, 6) is -0.567. The Morgan fingerprint density at radius 1 is 1.07 bits per heavy atom. The minimum absolute atomic E-state index is 0.118. The molecule has 6 nitrogen and oxygen atoms in total. The van der Waals surface area contributed by atoms with Gasteiger partial charge in [-0.15, -0.1) is 0 Å². The van der Waals surface area contributed by atoms with Gasteiger partial charge in [0.05, 0.1) is 10.6 Å². The van der Waals surface area contributed by atoms with Crippen molar-refractivity contribution in [3.8, 4) is 11.5 Å². The normalized spacial score (nSPS) is 18.6. The average molecular weight is 388 g/mol. The Bertz CT molecular complexity index is 880. The van der Waals surface area contributed by atoms with Crippen molar-refractivity contribution < 1.29 is 24.2 Å². The van der Waals surface area contributed by atoms with Crippen LogP contribution in [0, 0.1) is 0 Å². The monoisotopic (exact) mass is 387 g/mol. The second-order valence-electron chi connectivity index (χ2n) is 5.95. The molecule has 2 aliphatic heterocycles. The van der Waals surface area contributed by atoms with E-state index in [0.717, 1.165) is 5.56 Å². The maximum Gasteiger partial charge on any atom is 0.326 e. The standard InChI is InChI=1S/C20H18ClNO5/c21-17-12-15-6-7-16(17)19(23)22-18(20(24)25)11-13-4-3-5-14(10-13)26-8-1-2-9-27-15/h1-7,10,12,18H,8-9,11H2,(H,22,23)(H,24,25)/b2-1+/t18-/m0/s1. The number of ether oxygens (including phenoxy) is 2. The molecule has 0 fully saturated rings. The molecular formula is C20H18ClNO5. The molecule has 0 unspecified atom stereocenters. The molecule has 7 heteroatoms. The summed E-state index contributed by atoms with van der Waals surface area (Å²) < 4.78 is 11.2. The number of hydrogen-bond donors (Lipinski definition) is 2. The van der Waals surface area contributed by atoms with Crippen LogP contribution >= 0.6 is 11.6 Å². The highest BCUT2D eigenvalue weighted by Gasteiger charge is 2.22. The number of halogens is 1. The van der Waals surface area contributed by atoms with Crippen molar-refractivity contribution in [2.24, 2.45) is 0 Å².